The molecular formula is C14H18F2N2O2. The molecule has 2 atom stereocenters. The first-order valence-electron chi connectivity index (χ1n) is 6.62. The van der Waals surface area contributed by atoms with Gasteiger partial charge in [-0.05, 0) is 25.0 Å². The summed E-state index contributed by atoms with van der Waals surface area (Å²) in [6.07, 6.45) is 2.17. The van der Waals surface area contributed by atoms with Crippen LogP contribution in [0.2, 0.25) is 0 Å². The van der Waals surface area contributed by atoms with Crippen LogP contribution in [0.15, 0.2) is 18.2 Å². The van der Waals surface area contributed by atoms with Crippen LogP contribution in [-0.4, -0.2) is 35.7 Å². The summed E-state index contributed by atoms with van der Waals surface area (Å²) in [5.41, 5.74) is -0.186. The predicted octanol–water partition coefficient (Wildman–Crippen LogP) is 2.59. The van der Waals surface area contributed by atoms with Gasteiger partial charge < -0.3 is 15.3 Å². The molecule has 4 nitrogen and oxygen atoms in total. The third-order valence-electron chi connectivity index (χ3n) is 3.64. The van der Waals surface area contributed by atoms with Crippen molar-refractivity contribution in [2.24, 2.45) is 5.92 Å². The second kappa shape index (κ2) is 6.17. The molecule has 2 amide bonds. The van der Waals surface area contributed by atoms with Gasteiger partial charge in [-0.1, -0.05) is 6.42 Å². The second-order valence-electron chi connectivity index (χ2n) is 5.19. The normalized spacial score (nSPS) is 21.8. The predicted molar refractivity (Wildman–Crippen MR) is 71.4 cm³/mol. The summed E-state index contributed by atoms with van der Waals surface area (Å²) >= 11 is 0. The Morgan fingerprint density at radius 3 is 2.85 bits per heavy atom. The summed E-state index contributed by atoms with van der Waals surface area (Å²) in [5.74, 6) is -1.26. The molecule has 1 aliphatic carbocycles. The van der Waals surface area contributed by atoms with Gasteiger partial charge in [0.05, 0.1) is 11.8 Å². The van der Waals surface area contributed by atoms with Crippen LogP contribution < -0.4 is 5.32 Å². The lowest BCUT2D eigenvalue weighted by Gasteiger charge is -2.23. The zero-order chi connectivity index (χ0) is 14.7. The van der Waals surface area contributed by atoms with Gasteiger partial charge >= 0.3 is 6.03 Å². The lowest BCUT2D eigenvalue weighted by atomic mass is 10.1. The van der Waals surface area contributed by atoms with Crippen molar-refractivity contribution in [1.29, 1.82) is 0 Å². The molecule has 0 aromatic heterocycles. The molecule has 2 rings (SSSR count). The minimum Gasteiger partial charge on any atom is -0.393 e. The highest BCUT2D eigenvalue weighted by Gasteiger charge is 2.27. The topological polar surface area (TPSA) is 52.6 Å². The number of rotatable bonds is 3. The monoisotopic (exact) mass is 284 g/mol. The lowest BCUT2D eigenvalue weighted by molar-refractivity contribution is 0.116. The molecule has 0 radical (unpaired) electrons. The smallest absolute Gasteiger partial charge is 0.321 e. The summed E-state index contributed by atoms with van der Waals surface area (Å²) in [6.45, 7) is 0.393. The molecule has 2 unspecified atom stereocenters. The highest BCUT2D eigenvalue weighted by molar-refractivity contribution is 5.89. The Kier molecular flexibility index (Phi) is 4.54. The minimum atomic E-state index is -0.686. The third-order valence-corrected chi connectivity index (χ3v) is 3.64. The molecule has 1 saturated carbocycles. The summed E-state index contributed by atoms with van der Waals surface area (Å²) in [5, 5.41) is 12.1. The number of anilines is 1. The number of aliphatic hydroxyl groups is 1. The van der Waals surface area contributed by atoms with Crippen LogP contribution in [0.25, 0.3) is 0 Å². The van der Waals surface area contributed by atoms with Crippen molar-refractivity contribution in [2.45, 2.75) is 25.4 Å². The maximum atomic E-state index is 13.4. The van der Waals surface area contributed by atoms with E-state index >= 15 is 0 Å². The lowest BCUT2D eigenvalue weighted by Crippen LogP contribution is -2.37. The highest BCUT2D eigenvalue weighted by atomic mass is 19.1. The van der Waals surface area contributed by atoms with E-state index < -0.39 is 23.8 Å². The van der Waals surface area contributed by atoms with Crippen molar-refractivity contribution >= 4 is 11.7 Å². The van der Waals surface area contributed by atoms with Crippen molar-refractivity contribution in [2.75, 3.05) is 18.9 Å². The summed E-state index contributed by atoms with van der Waals surface area (Å²) < 4.78 is 26.4. The van der Waals surface area contributed by atoms with Gasteiger partial charge in [0.15, 0.2) is 0 Å². The van der Waals surface area contributed by atoms with Crippen molar-refractivity contribution < 1.29 is 18.7 Å². The molecule has 0 saturated heterocycles. The zero-order valence-corrected chi connectivity index (χ0v) is 11.3. The Hall–Kier alpha value is -1.69. The quantitative estimate of drug-likeness (QED) is 0.896. The van der Waals surface area contributed by atoms with E-state index in [1.54, 1.807) is 7.05 Å². The number of nitrogens with zero attached hydrogens (tertiary/aromatic N) is 1. The van der Waals surface area contributed by atoms with Gasteiger partial charge in [0.2, 0.25) is 0 Å². The van der Waals surface area contributed by atoms with Crippen LogP contribution in [0.1, 0.15) is 19.3 Å². The molecule has 0 spiro atoms. The standard InChI is InChI=1S/C14H18F2N2O2/c1-18(8-9-3-2-4-13(9)19)14(20)17-12-7-10(15)5-6-11(12)16/h5-7,9,13,19H,2-4,8H2,1H3,(H,17,20). The number of benzene rings is 1. The maximum Gasteiger partial charge on any atom is 0.321 e. The highest BCUT2D eigenvalue weighted by Crippen LogP contribution is 2.26. The molecular weight excluding hydrogens is 266 g/mol. The Morgan fingerprint density at radius 2 is 2.20 bits per heavy atom. The van der Waals surface area contributed by atoms with Crippen LogP contribution in [0.4, 0.5) is 19.3 Å². The molecule has 1 aromatic carbocycles. The van der Waals surface area contributed by atoms with Gasteiger partial charge in [-0.15, -0.1) is 0 Å². The molecule has 6 heteroatoms. The molecule has 0 aliphatic heterocycles. The first-order chi connectivity index (χ1) is 9.47. The Bertz CT molecular complexity index is 496. The maximum absolute atomic E-state index is 13.4. The molecule has 2 N–H and O–H groups in total. The van der Waals surface area contributed by atoms with Gasteiger partial charge in [0, 0.05) is 25.6 Å². The van der Waals surface area contributed by atoms with E-state index in [-0.39, 0.29) is 11.6 Å². The van der Waals surface area contributed by atoms with Crippen molar-refractivity contribution in [3.63, 3.8) is 0 Å². The Labute approximate surface area is 116 Å². The van der Waals surface area contributed by atoms with E-state index in [1.165, 1.54) is 4.90 Å². The van der Waals surface area contributed by atoms with Gasteiger partial charge in [-0.25, -0.2) is 13.6 Å². The van der Waals surface area contributed by atoms with Crippen LogP contribution in [0, 0.1) is 17.6 Å². The molecule has 0 bridgehead atoms. The number of hydrogen-bond acceptors (Lipinski definition) is 2. The Balaban J connectivity index is 1.95. The molecule has 110 valence electrons. The molecule has 1 aliphatic rings. The first-order valence-corrected chi connectivity index (χ1v) is 6.62. The number of amides is 2. The van der Waals surface area contributed by atoms with E-state index in [9.17, 15) is 18.7 Å². The van der Waals surface area contributed by atoms with E-state index in [0.717, 1.165) is 37.5 Å². The fourth-order valence-corrected chi connectivity index (χ4v) is 2.47. The van der Waals surface area contributed by atoms with Crippen molar-refractivity contribution in [1.82, 2.24) is 4.90 Å². The van der Waals surface area contributed by atoms with E-state index in [4.69, 9.17) is 0 Å². The fourth-order valence-electron chi connectivity index (χ4n) is 2.47. The molecule has 20 heavy (non-hydrogen) atoms. The van der Waals surface area contributed by atoms with Gasteiger partial charge in [0.1, 0.15) is 11.6 Å². The number of carbonyl (C=O) groups is 1. The number of halogens is 2. The number of carbonyl (C=O) groups excluding carboxylic acids is 1. The third kappa shape index (κ3) is 3.45. The van der Waals surface area contributed by atoms with Crippen LogP contribution >= 0.6 is 0 Å². The average molecular weight is 284 g/mol. The molecule has 1 fully saturated rings. The average Bonchev–Trinajstić information content (AvgIpc) is 2.79. The SMILES string of the molecule is CN(CC1CCCC1O)C(=O)Nc1cc(F)ccc1F. The van der Waals surface area contributed by atoms with E-state index in [1.807, 2.05) is 0 Å². The molecule has 0 heterocycles. The first kappa shape index (κ1) is 14.7. The second-order valence-corrected chi connectivity index (χ2v) is 5.19. The molecule has 1 aromatic rings. The van der Waals surface area contributed by atoms with Crippen LogP contribution in [0.5, 0.6) is 0 Å². The summed E-state index contributed by atoms with van der Waals surface area (Å²) in [6, 6.07) is 2.37. The van der Waals surface area contributed by atoms with E-state index in [2.05, 4.69) is 5.32 Å². The van der Waals surface area contributed by atoms with Crippen LogP contribution in [0.3, 0.4) is 0 Å². The number of nitrogens with one attached hydrogen (secondary N) is 1. The van der Waals surface area contributed by atoms with Gasteiger partial charge in [-0.3, -0.25) is 0 Å². The number of hydrogen-bond donors (Lipinski definition) is 2. The fraction of sp³-hybridized carbons (Fsp3) is 0.500. The largest absolute Gasteiger partial charge is 0.393 e. The van der Waals surface area contributed by atoms with Gasteiger partial charge in [0.25, 0.3) is 0 Å². The van der Waals surface area contributed by atoms with Crippen LogP contribution in [-0.2, 0) is 0 Å². The zero-order valence-electron chi connectivity index (χ0n) is 11.3. The van der Waals surface area contributed by atoms with Crippen molar-refractivity contribution in [3.8, 4) is 0 Å². The van der Waals surface area contributed by atoms with Crippen molar-refractivity contribution in [3.05, 3.63) is 29.8 Å². The summed E-state index contributed by atoms with van der Waals surface area (Å²) in [7, 11) is 1.57. The minimum absolute atomic E-state index is 0.0445. The van der Waals surface area contributed by atoms with Gasteiger partial charge in [-0.2, -0.15) is 0 Å². The number of aliphatic hydroxyl groups excluding tert-OH is 1. The Morgan fingerprint density at radius 1 is 1.45 bits per heavy atom. The van der Waals surface area contributed by atoms with E-state index in [0.29, 0.717) is 6.54 Å². The summed E-state index contributed by atoms with van der Waals surface area (Å²) in [4.78, 5) is 13.3. The number of urea groups is 1.